The quantitative estimate of drug-likeness (QED) is 0.500. The minimum absolute atomic E-state index is 0.141. The lowest BCUT2D eigenvalue weighted by atomic mass is 10.1. The van der Waals surface area contributed by atoms with Crippen molar-refractivity contribution in [2.24, 2.45) is 0 Å². The monoisotopic (exact) mass is 488 g/mol. The number of rotatable bonds is 11. The molecule has 1 N–H and O–H groups in total. The fourth-order valence-electron chi connectivity index (χ4n) is 4.19. The van der Waals surface area contributed by atoms with Crippen molar-refractivity contribution in [2.75, 3.05) is 20.8 Å². The molecule has 2 aromatic carbocycles. The molecule has 2 aromatic rings. The number of hydrogen-bond donors (Lipinski definition) is 1. The van der Waals surface area contributed by atoms with Gasteiger partial charge in [-0.15, -0.1) is 0 Å². The van der Waals surface area contributed by atoms with E-state index in [-0.39, 0.29) is 31.0 Å². The van der Waals surface area contributed by atoms with E-state index in [1.165, 1.54) is 0 Å². The van der Waals surface area contributed by atoms with Crippen LogP contribution in [0, 0.1) is 0 Å². The molecule has 1 atom stereocenters. The van der Waals surface area contributed by atoms with Crippen molar-refractivity contribution >= 4 is 23.4 Å². The molecule has 0 spiro atoms. The summed E-state index contributed by atoms with van der Waals surface area (Å²) in [5.41, 5.74) is 0.771. The second-order valence-corrected chi connectivity index (χ2v) is 8.77. The summed E-state index contributed by atoms with van der Waals surface area (Å²) in [6.45, 7) is 1.87. The van der Waals surface area contributed by atoms with Crippen LogP contribution < -0.4 is 19.5 Å². The van der Waals surface area contributed by atoms with Gasteiger partial charge in [0.15, 0.2) is 6.61 Å². The molecule has 8 heteroatoms. The molecule has 0 unspecified atom stereocenters. The van der Waals surface area contributed by atoms with Crippen molar-refractivity contribution in [3.63, 3.8) is 0 Å². The van der Waals surface area contributed by atoms with Gasteiger partial charge < -0.3 is 24.4 Å². The molecule has 7 nitrogen and oxygen atoms in total. The summed E-state index contributed by atoms with van der Waals surface area (Å²) in [6.07, 6.45) is 4.65. The first kappa shape index (κ1) is 25.7. The number of amides is 2. The molecule has 2 amide bonds. The lowest BCUT2D eigenvalue weighted by Gasteiger charge is -2.31. The molecule has 34 heavy (non-hydrogen) atoms. The van der Waals surface area contributed by atoms with Crippen LogP contribution >= 0.6 is 11.6 Å². The van der Waals surface area contributed by atoms with E-state index in [2.05, 4.69) is 5.32 Å². The number of carbonyl (C=O) groups excluding carboxylic acids is 2. The van der Waals surface area contributed by atoms with E-state index >= 15 is 0 Å². The van der Waals surface area contributed by atoms with Gasteiger partial charge in [-0.25, -0.2) is 0 Å². The van der Waals surface area contributed by atoms with E-state index in [0.717, 1.165) is 31.2 Å². The largest absolute Gasteiger partial charge is 0.496 e. The minimum atomic E-state index is -0.632. The highest BCUT2D eigenvalue weighted by Crippen LogP contribution is 2.28. The molecule has 0 aromatic heterocycles. The van der Waals surface area contributed by atoms with E-state index in [1.807, 2.05) is 25.1 Å². The van der Waals surface area contributed by atoms with Crippen LogP contribution in [0.4, 0.5) is 0 Å². The van der Waals surface area contributed by atoms with Crippen LogP contribution in [0.25, 0.3) is 0 Å². The summed E-state index contributed by atoms with van der Waals surface area (Å²) in [7, 11) is 3.09. The molecule has 184 valence electrons. The molecule has 0 saturated heterocycles. The van der Waals surface area contributed by atoms with E-state index in [0.29, 0.717) is 28.7 Å². The molecule has 3 rings (SSSR count). The number of ether oxygens (including phenoxy) is 3. The average Bonchev–Trinajstić information content (AvgIpc) is 3.36. The Morgan fingerprint density at radius 2 is 1.68 bits per heavy atom. The molecule has 1 aliphatic rings. The van der Waals surface area contributed by atoms with Crippen LogP contribution in [0.3, 0.4) is 0 Å². The Kier molecular flexibility index (Phi) is 9.45. The van der Waals surface area contributed by atoms with Gasteiger partial charge in [-0.3, -0.25) is 9.59 Å². The number of benzene rings is 2. The third kappa shape index (κ3) is 6.79. The number of nitrogens with one attached hydrogen (secondary N) is 1. The maximum Gasteiger partial charge on any atom is 0.261 e. The highest BCUT2D eigenvalue weighted by Gasteiger charge is 2.31. The van der Waals surface area contributed by atoms with Gasteiger partial charge >= 0.3 is 0 Å². The van der Waals surface area contributed by atoms with Gasteiger partial charge in [0.25, 0.3) is 5.91 Å². The Bertz CT molecular complexity index is 955. The summed E-state index contributed by atoms with van der Waals surface area (Å²) in [5, 5.41) is 3.68. The van der Waals surface area contributed by atoms with Gasteiger partial charge in [-0.1, -0.05) is 49.6 Å². The van der Waals surface area contributed by atoms with Gasteiger partial charge in [0, 0.05) is 35.8 Å². The van der Waals surface area contributed by atoms with Gasteiger partial charge in [0.1, 0.15) is 23.3 Å². The third-order valence-electron chi connectivity index (χ3n) is 6.07. The van der Waals surface area contributed by atoms with Crippen LogP contribution in [0.5, 0.6) is 17.2 Å². The number of carbonyl (C=O) groups is 2. The SMILES string of the molecule is CC[C@@H](C(=O)NC1CCCC1)N(Cc1ccccc1Cl)C(=O)COc1cc(OC)cc(OC)c1. The normalized spacial score (nSPS) is 14.4. The van der Waals surface area contributed by atoms with Crippen LogP contribution in [-0.2, 0) is 16.1 Å². The summed E-state index contributed by atoms with van der Waals surface area (Å²) >= 11 is 6.38. The van der Waals surface area contributed by atoms with Gasteiger partial charge in [0.2, 0.25) is 5.91 Å². The van der Waals surface area contributed by atoms with Crippen molar-refractivity contribution in [1.29, 1.82) is 0 Å². The molecule has 1 fully saturated rings. The Morgan fingerprint density at radius 3 is 2.26 bits per heavy atom. The van der Waals surface area contributed by atoms with Crippen molar-refractivity contribution in [2.45, 2.75) is 57.7 Å². The first-order valence-corrected chi connectivity index (χ1v) is 12.0. The van der Waals surface area contributed by atoms with Crippen molar-refractivity contribution < 1.29 is 23.8 Å². The molecular formula is C26H33ClN2O5. The standard InChI is InChI=1S/C26H33ClN2O5/c1-4-24(26(31)28-19-10-6-7-11-19)29(16-18-9-5-8-12-23(18)27)25(30)17-34-22-14-20(32-2)13-21(15-22)33-3/h5,8-9,12-15,19,24H,4,6-7,10-11,16-17H2,1-3H3,(H,28,31)/t24-/m0/s1. The third-order valence-corrected chi connectivity index (χ3v) is 6.44. The van der Waals surface area contributed by atoms with Crippen LogP contribution in [-0.4, -0.2) is 49.6 Å². The molecule has 0 bridgehead atoms. The second kappa shape index (κ2) is 12.5. The molecule has 0 radical (unpaired) electrons. The van der Waals surface area contributed by atoms with Crippen molar-refractivity contribution in [3.05, 3.63) is 53.1 Å². The zero-order valence-corrected chi connectivity index (χ0v) is 20.8. The maximum atomic E-state index is 13.4. The highest BCUT2D eigenvalue weighted by molar-refractivity contribution is 6.31. The lowest BCUT2D eigenvalue weighted by Crippen LogP contribution is -2.52. The topological polar surface area (TPSA) is 77.1 Å². The smallest absolute Gasteiger partial charge is 0.261 e. The molecule has 0 heterocycles. The predicted octanol–water partition coefficient (Wildman–Crippen LogP) is 4.60. The van der Waals surface area contributed by atoms with Crippen molar-refractivity contribution in [3.8, 4) is 17.2 Å². The summed E-state index contributed by atoms with van der Waals surface area (Å²) in [5.74, 6) is 1.09. The second-order valence-electron chi connectivity index (χ2n) is 8.36. The Labute approximate surface area is 206 Å². The van der Waals surface area contributed by atoms with E-state index < -0.39 is 6.04 Å². The van der Waals surface area contributed by atoms with E-state index in [4.69, 9.17) is 25.8 Å². The Hall–Kier alpha value is -2.93. The van der Waals surface area contributed by atoms with Crippen LogP contribution in [0.15, 0.2) is 42.5 Å². The highest BCUT2D eigenvalue weighted by atomic mass is 35.5. The fourth-order valence-corrected chi connectivity index (χ4v) is 4.39. The molecular weight excluding hydrogens is 456 g/mol. The minimum Gasteiger partial charge on any atom is -0.496 e. The zero-order chi connectivity index (χ0) is 24.5. The maximum absolute atomic E-state index is 13.4. The number of methoxy groups -OCH3 is 2. The summed E-state index contributed by atoms with van der Waals surface area (Å²) < 4.78 is 16.3. The first-order chi connectivity index (χ1) is 16.4. The zero-order valence-electron chi connectivity index (χ0n) is 20.0. The van der Waals surface area contributed by atoms with Crippen molar-refractivity contribution in [1.82, 2.24) is 10.2 Å². The number of nitrogens with zero attached hydrogens (tertiary/aromatic N) is 1. The van der Waals surface area contributed by atoms with Gasteiger partial charge in [0.05, 0.1) is 14.2 Å². The predicted molar refractivity (Wildman–Crippen MR) is 132 cm³/mol. The average molecular weight is 489 g/mol. The lowest BCUT2D eigenvalue weighted by molar-refractivity contribution is -0.143. The Morgan fingerprint density at radius 1 is 1.06 bits per heavy atom. The number of hydrogen-bond acceptors (Lipinski definition) is 5. The summed E-state index contributed by atoms with van der Waals surface area (Å²) in [6, 6.07) is 11.9. The first-order valence-electron chi connectivity index (χ1n) is 11.6. The molecule has 1 aliphatic carbocycles. The molecule has 1 saturated carbocycles. The molecule has 0 aliphatic heterocycles. The summed E-state index contributed by atoms with van der Waals surface area (Å²) in [4.78, 5) is 28.1. The fraction of sp³-hybridized carbons (Fsp3) is 0.462. The van der Waals surface area contributed by atoms with Crippen LogP contribution in [0.2, 0.25) is 5.02 Å². The van der Waals surface area contributed by atoms with E-state index in [1.54, 1.807) is 43.4 Å². The van der Waals surface area contributed by atoms with E-state index in [9.17, 15) is 9.59 Å². The van der Waals surface area contributed by atoms with Crippen LogP contribution in [0.1, 0.15) is 44.6 Å². The van der Waals surface area contributed by atoms with Gasteiger partial charge in [-0.2, -0.15) is 0 Å². The number of halogens is 1. The Balaban J connectivity index is 1.79. The van der Waals surface area contributed by atoms with Gasteiger partial charge in [-0.05, 0) is 30.9 Å².